The summed E-state index contributed by atoms with van der Waals surface area (Å²) in [5.41, 5.74) is 6.25. The Morgan fingerprint density at radius 2 is 1.84 bits per heavy atom. The first-order valence-corrected chi connectivity index (χ1v) is 7.00. The summed E-state index contributed by atoms with van der Waals surface area (Å²) in [6.07, 6.45) is 0. The standard InChI is InChI=1S/C16H19N3O3.Gd.2H2O/c1-11-9-13(15(21)18-8-7-17)14(20)16(22)19(11)10-12-5-3-2-4-6-12;;;/h2-6,9,20H,7-8,10,17H2,1H3,(H,18,21);;2*1H2. The van der Waals surface area contributed by atoms with Crippen LogP contribution in [0.15, 0.2) is 41.2 Å². The monoisotopic (exact) mass is 495 g/mol. The van der Waals surface area contributed by atoms with E-state index in [1.54, 1.807) is 6.92 Å². The predicted molar refractivity (Wildman–Crippen MR) is 91.3 cm³/mol. The zero-order chi connectivity index (χ0) is 16.1. The Kier molecular flexibility index (Phi) is 12.5. The fourth-order valence-corrected chi connectivity index (χ4v) is 2.17. The van der Waals surface area contributed by atoms with Gasteiger partial charge in [0.25, 0.3) is 11.5 Å². The smallest absolute Gasteiger partial charge is 0.294 e. The molecule has 140 valence electrons. The number of nitrogens with one attached hydrogen (secondary N) is 1. The van der Waals surface area contributed by atoms with Crippen molar-refractivity contribution in [3.05, 3.63) is 63.6 Å². The van der Waals surface area contributed by atoms with Crippen LogP contribution in [0.5, 0.6) is 5.75 Å². The van der Waals surface area contributed by atoms with Crippen molar-refractivity contribution in [3.63, 3.8) is 0 Å². The average Bonchev–Trinajstić information content (AvgIpc) is 2.53. The molecule has 2 rings (SSSR count). The quantitative estimate of drug-likeness (QED) is 0.484. The number of hydrogen-bond acceptors (Lipinski definition) is 4. The van der Waals surface area contributed by atoms with Crippen molar-refractivity contribution >= 4 is 5.91 Å². The topological polar surface area (TPSA) is 160 Å². The summed E-state index contributed by atoms with van der Waals surface area (Å²) in [5.74, 6) is -1.05. The van der Waals surface area contributed by atoms with Crippen LogP contribution in [0.25, 0.3) is 0 Å². The molecule has 0 aliphatic heterocycles. The molecule has 0 atom stereocenters. The number of benzene rings is 1. The summed E-state index contributed by atoms with van der Waals surface area (Å²) in [7, 11) is 0. The number of pyridine rings is 1. The Morgan fingerprint density at radius 3 is 2.40 bits per heavy atom. The van der Waals surface area contributed by atoms with E-state index in [4.69, 9.17) is 5.73 Å². The minimum absolute atomic E-state index is 0. The van der Waals surface area contributed by atoms with E-state index in [9.17, 15) is 14.7 Å². The molecule has 8 nitrogen and oxygen atoms in total. The van der Waals surface area contributed by atoms with E-state index in [1.165, 1.54) is 10.6 Å². The second-order valence-corrected chi connectivity index (χ2v) is 4.97. The van der Waals surface area contributed by atoms with Gasteiger partial charge in [-0.15, -0.1) is 0 Å². The summed E-state index contributed by atoms with van der Waals surface area (Å²) in [5, 5.41) is 12.6. The molecule has 0 radical (unpaired) electrons. The first-order valence-electron chi connectivity index (χ1n) is 7.00. The van der Waals surface area contributed by atoms with Crippen molar-refractivity contribution in [2.24, 2.45) is 5.73 Å². The first kappa shape index (κ1) is 25.9. The molecule has 0 aliphatic rings. The second kappa shape index (κ2) is 12.1. The molecule has 1 heterocycles. The van der Waals surface area contributed by atoms with Crippen LogP contribution in [0.4, 0.5) is 0 Å². The molecule has 1 amide bonds. The number of aryl methyl sites for hydroxylation is 1. The molecule has 0 spiro atoms. The summed E-state index contributed by atoms with van der Waals surface area (Å²) in [4.78, 5) is 24.2. The number of rotatable bonds is 5. The Bertz CT molecular complexity index is 735. The number of aromatic nitrogens is 1. The Morgan fingerprint density at radius 1 is 1.24 bits per heavy atom. The Labute approximate surface area is 177 Å². The molecule has 25 heavy (non-hydrogen) atoms. The molecule has 0 saturated carbocycles. The third-order valence-electron chi connectivity index (χ3n) is 3.34. The van der Waals surface area contributed by atoms with Gasteiger partial charge in [0.2, 0.25) is 0 Å². The van der Waals surface area contributed by atoms with E-state index in [1.807, 2.05) is 30.3 Å². The predicted octanol–water partition coefficient (Wildman–Crippen LogP) is -1.05. The van der Waals surface area contributed by atoms with Gasteiger partial charge in [-0.2, -0.15) is 0 Å². The molecule has 0 saturated heterocycles. The van der Waals surface area contributed by atoms with Gasteiger partial charge in [-0.05, 0) is 18.6 Å². The van der Waals surface area contributed by atoms with Crippen LogP contribution in [-0.4, -0.2) is 39.6 Å². The molecule has 1 aromatic heterocycles. The van der Waals surface area contributed by atoms with Gasteiger partial charge in [0.1, 0.15) is 0 Å². The van der Waals surface area contributed by atoms with E-state index < -0.39 is 17.2 Å². The van der Waals surface area contributed by atoms with Crippen molar-refractivity contribution in [2.45, 2.75) is 13.5 Å². The van der Waals surface area contributed by atoms with Crippen LogP contribution in [-0.2, 0) is 6.54 Å². The van der Waals surface area contributed by atoms with Gasteiger partial charge >= 0.3 is 0 Å². The van der Waals surface area contributed by atoms with Crippen LogP contribution in [0.3, 0.4) is 0 Å². The van der Waals surface area contributed by atoms with Crippen molar-refractivity contribution in [2.75, 3.05) is 13.1 Å². The number of amides is 1. The van der Waals surface area contributed by atoms with Crippen molar-refractivity contribution < 1.29 is 60.8 Å². The maximum atomic E-state index is 12.3. The number of carbonyl (C=O) groups is 1. The fraction of sp³-hybridized carbons (Fsp3) is 0.250. The average molecular weight is 495 g/mol. The van der Waals surface area contributed by atoms with Crippen LogP contribution in [0, 0.1) is 46.9 Å². The van der Waals surface area contributed by atoms with Crippen molar-refractivity contribution in [1.82, 2.24) is 9.88 Å². The minimum atomic E-state index is -0.582. The van der Waals surface area contributed by atoms with Crippen LogP contribution >= 0.6 is 0 Å². The third-order valence-corrected chi connectivity index (χ3v) is 3.34. The number of nitrogens with zero attached hydrogens (tertiary/aromatic N) is 1. The zero-order valence-corrected chi connectivity index (χ0v) is 16.0. The molecular formula is C16H23GdN3O5. The SMILES string of the molecule is Cc1cc(C(=O)NCCN)c(O)c(=O)n1Cc1ccccc1.O.O.[Gd]. The van der Waals surface area contributed by atoms with Gasteiger partial charge < -0.3 is 31.7 Å². The zero-order valence-electron chi connectivity index (χ0n) is 13.7. The van der Waals surface area contributed by atoms with Crippen molar-refractivity contribution in [1.29, 1.82) is 0 Å². The van der Waals surface area contributed by atoms with Gasteiger partial charge in [0, 0.05) is 58.7 Å². The number of aromatic hydroxyl groups is 1. The van der Waals surface area contributed by atoms with Gasteiger partial charge in [0.15, 0.2) is 5.75 Å². The Balaban J connectivity index is 0. The summed E-state index contributed by atoms with van der Waals surface area (Å²) >= 11 is 0. The molecule has 9 heteroatoms. The summed E-state index contributed by atoms with van der Waals surface area (Å²) in [6.45, 7) is 2.63. The van der Waals surface area contributed by atoms with Gasteiger partial charge in [-0.1, -0.05) is 30.3 Å². The van der Waals surface area contributed by atoms with Crippen molar-refractivity contribution in [3.8, 4) is 5.75 Å². The molecule has 2 aromatic rings. The molecule has 0 aliphatic carbocycles. The fourth-order valence-electron chi connectivity index (χ4n) is 2.17. The third kappa shape index (κ3) is 6.46. The molecule has 1 aromatic carbocycles. The molecular weight excluding hydrogens is 471 g/mol. The molecule has 0 unspecified atom stereocenters. The van der Waals surface area contributed by atoms with Crippen LogP contribution in [0.2, 0.25) is 0 Å². The number of carbonyl (C=O) groups excluding carboxylic acids is 1. The molecule has 8 N–H and O–H groups in total. The largest absolute Gasteiger partial charge is 0.502 e. The van der Waals surface area contributed by atoms with Crippen LogP contribution < -0.4 is 16.6 Å². The number of hydrogen-bond donors (Lipinski definition) is 3. The van der Waals surface area contributed by atoms with Gasteiger partial charge in [-0.3, -0.25) is 9.59 Å². The normalized spacial score (nSPS) is 9.20. The first-order chi connectivity index (χ1) is 10.5. The molecule has 0 bridgehead atoms. The molecule has 0 fully saturated rings. The van der Waals surface area contributed by atoms with E-state index in [0.717, 1.165) is 5.56 Å². The van der Waals surface area contributed by atoms with E-state index >= 15 is 0 Å². The summed E-state index contributed by atoms with van der Waals surface area (Å²) < 4.78 is 1.43. The van der Waals surface area contributed by atoms with E-state index in [-0.39, 0.29) is 69.5 Å². The second-order valence-electron chi connectivity index (χ2n) is 4.97. The van der Waals surface area contributed by atoms with Gasteiger partial charge in [-0.25, -0.2) is 0 Å². The van der Waals surface area contributed by atoms with Gasteiger partial charge in [0.05, 0.1) is 12.1 Å². The van der Waals surface area contributed by atoms with E-state index in [2.05, 4.69) is 5.32 Å². The summed E-state index contributed by atoms with van der Waals surface area (Å²) in [6, 6.07) is 10.9. The maximum absolute atomic E-state index is 12.3. The Hall–Kier alpha value is -1.36. The number of nitrogens with two attached hydrogens (primary N) is 1. The maximum Gasteiger partial charge on any atom is 0.294 e. The minimum Gasteiger partial charge on any atom is -0.502 e. The van der Waals surface area contributed by atoms with Crippen LogP contribution in [0.1, 0.15) is 21.6 Å². The van der Waals surface area contributed by atoms with E-state index in [0.29, 0.717) is 12.2 Å².